The van der Waals surface area contributed by atoms with E-state index in [0.29, 0.717) is 16.4 Å². The molecule has 0 aliphatic heterocycles. The van der Waals surface area contributed by atoms with E-state index in [9.17, 15) is 9.59 Å². The van der Waals surface area contributed by atoms with Crippen molar-refractivity contribution in [3.63, 3.8) is 0 Å². The topological polar surface area (TPSA) is 82.3 Å². The molecule has 0 heterocycles. The molecule has 7 heteroatoms. The summed E-state index contributed by atoms with van der Waals surface area (Å²) in [7, 11) is 0. The van der Waals surface area contributed by atoms with Crippen LogP contribution in [0.3, 0.4) is 0 Å². The van der Waals surface area contributed by atoms with E-state index in [4.69, 9.17) is 11.6 Å². The first kappa shape index (κ1) is 23.9. The Balaban J connectivity index is 1.61. The Hall–Kier alpha value is -4.29. The average Bonchev–Trinajstić information content (AvgIpc) is 2.89. The Labute approximate surface area is 209 Å². The molecule has 2 atom stereocenters. The van der Waals surface area contributed by atoms with Crippen LogP contribution in [0.5, 0.6) is 0 Å². The predicted molar refractivity (Wildman–Crippen MR) is 141 cm³/mol. The Kier molecular flexibility index (Phi) is 7.99. The van der Waals surface area contributed by atoms with Gasteiger partial charge in [-0.15, -0.1) is 0 Å². The van der Waals surface area contributed by atoms with Crippen molar-refractivity contribution in [3.8, 4) is 0 Å². The van der Waals surface area contributed by atoms with Crippen LogP contribution >= 0.6 is 11.6 Å². The molecule has 4 aromatic rings. The minimum atomic E-state index is -0.563. The zero-order valence-corrected chi connectivity index (χ0v) is 19.6. The Morgan fingerprint density at radius 3 is 1.31 bits per heavy atom. The third-order valence-corrected chi connectivity index (χ3v) is 5.61. The van der Waals surface area contributed by atoms with Crippen molar-refractivity contribution >= 4 is 35.0 Å². The molecule has 0 spiro atoms. The molecular formula is C28H25ClN4O2. The highest BCUT2D eigenvalue weighted by atomic mass is 35.5. The molecular weight excluding hydrogens is 460 g/mol. The Morgan fingerprint density at radius 1 is 0.514 bits per heavy atom. The van der Waals surface area contributed by atoms with Gasteiger partial charge in [0.2, 0.25) is 0 Å². The second kappa shape index (κ2) is 11.7. The molecule has 4 rings (SSSR count). The molecule has 6 nitrogen and oxygen atoms in total. The van der Waals surface area contributed by atoms with Crippen molar-refractivity contribution in [1.29, 1.82) is 0 Å². The van der Waals surface area contributed by atoms with E-state index in [2.05, 4.69) is 21.3 Å². The van der Waals surface area contributed by atoms with Gasteiger partial charge in [-0.3, -0.25) is 0 Å². The van der Waals surface area contributed by atoms with E-state index >= 15 is 0 Å². The summed E-state index contributed by atoms with van der Waals surface area (Å²) < 4.78 is 0. The first-order valence-corrected chi connectivity index (χ1v) is 11.5. The van der Waals surface area contributed by atoms with Gasteiger partial charge in [0.1, 0.15) is 0 Å². The SMILES string of the molecule is O=C(Nc1ccccc1)N[C@H](c1ccccc1)[C@H](NC(=O)Nc1ccc(Cl)cc1)c1ccccc1. The highest BCUT2D eigenvalue weighted by Crippen LogP contribution is 2.29. The summed E-state index contributed by atoms with van der Waals surface area (Å²) in [5.41, 5.74) is 2.95. The van der Waals surface area contributed by atoms with Gasteiger partial charge < -0.3 is 21.3 Å². The van der Waals surface area contributed by atoms with Gasteiger partial charge in [-0.05, 0) is 47.5 Å². The van der Waals surface area contributed by atoms with Gasteiger partial charge in [-0.2, -0.15) is 0 Å². The first-order chi connectivity index (χ1) is 17.1. The van der Waals surface area contributed by atoms with Gasteiger partial charge >= 0.3 is 12.1 Å². The molecule has 0 saturated carbocycles. The maximum Gasteiger partial charge on any atom is 0.319 e. The van der Waals surface area contributed by atoms with Crippen molar-refractivity contribution in [1.82, 2.24) is 10.6 Å². The lowest BCUT2D eigenvalue weighted by Crippen LogP contribution is -2.43. The van der Waals surface area contributed by atoms with Crippen molar-refractivity contribution in [2.75, 3.05) is 10.6 Å². The normalized spacial score (nSPS) is 12.1. The van der Waals surface area contributed by atoms with E-state index in [0.717, 1.165) is 11.1 Å². The fraction of sp³-hybridized carbons (Fsp3) is 0.0714. The molecule has 0 radical (unpaired) electrons. The van der Waals surface area contributed by atoms with E-state index in [1.807, 2.05) is 91.0 Å². The van der Waals surface area contributed by atoms with Crippen molar-refractivity contribution in [2.45, 2.75) is 12.1 Å². The number of nitrogens with one attached hydrogen (secondary N) is 4. The zero-order chi connectivity index (χ0) is 24.5. The number of carbonyl (C=O) groups excluding carboxylic acids is 2. The molecule has 4 N–H and O–H groups in total. The van der Waals surface area contributed by atoms with Crippen LogP contribution in [0.15, 0.2) is 115 Å². The molecule has 0 fully saturated rings. The van der Waals surface area contributed by atoms with Gasteiger partial charge in [0.15, 0.2) is 0 Å². The number of amides is 4. The van der Waals surface area contributed by atoms with Gasteiger partial charge in [-0.1, -0.05) is 90.5 Å². The predicted octanol–water partition coefficient (Wildman–Crippen LogP) is 6.77. The van der Waals surface area contributed by atoms with Crippen LogP contribution in [0.1, 0.15) is 23.2 Å². The molecule has 0 aliphatic rings. The molecule has 0 aliphatic carbocycles. The Bertz CT molecular complexity index is 1240. The Morgan fingerprint density at radius 2 is 0.886 bits per heavy atom. The number of rotatable bonds is 7. The largest absolute Gasteiger partial charge is 0.329 e. The van der Waals surface area contributed by atoms with Crippen LogP contribution in [0, 0.1) is 0 Å². The van der Waals surface area contributed by atoms with Crippen LogP contribution in [0.4, 0.5) is 21.0 Å². The zero-order valence-electron chi connectivity index (χ0n) is 18.8. The third kappa shape index (κ3) is 6.85. The molecule has 4 amide bonds. The number of urea groups is 2. The van der Waals surface area contributed by atoms with Crippen LogP contribution in [-0.2, 0) is 0 Å². The maximum atomic E-state index is 13.0. The van der Waals surface area contributed by atoms with Gasteiger partial charge in [0, 0.05) is 16.4 Å². The molecule has 0 bridgehead atoms. The number of para-hydroxylation sites is 1. The second-order valence-corrected chi connectivity index (χ2v) is 8.28. The van der Waals surface area contributed by atoms with Crippen LogP contribution < -0.4 is 21.3 Å². The van der Waals surface area contributed by atoms with Crippen LogP contribution in [-0.4, -0.2) is 12.1 Å². The second-order valence-electron chi connectivity index (χ2n) is 7.85. The van der Waals surface area contributed by atoms with Crippen molar-refractivity contribution in [3.05, 3.63) is 131 Å². The number of hydrogen-bond donors (Lipinski definition) is 4. The summed E-state index contributed by atoms with van der Waals surface area (Å²) in [6, 6.07) is 33.2. The third-order valence-electron chi connectivity index (χ3n) is 5.36. The minimum absolute atomic E-state index is 0.383. The van der Waals surface area contributed by atoms with Crippen LogP contribution in [0.2, 0.25) is 5.02 Å². The number of halogens is 1. The highest BCUT2D eigenvalue weighted by molar-refractivity contribution is 6.30. The summed E-state index contributed by atoms with van der Waals surface area (Å²) in [4.78, 5) is 26.0. The monoisotopic (exact) mass is 484 g/mol. The number of anilines is 2. The average molecular weight is 485 g/mol. The summed E-state index contributed by atoms with van der Waals surface area (Å²) in [5.74, 6) is 0. The summed E-state index contributed by atoms with van der Waals surface area (Å²) >= 11 is 5.95. The fourth-order valence-corrected chi connectivity index (χ4v) is 3.84. The molecule has 0 unspecified atom stereocenters. The number of benzene rings is 4. The number of hydrogen-bond acceptors (Lipinski definition) is 2. The minimum Gasteiger partial charge on any atom is -0.329 e. The summed E-state index contributed by atoms with van der Waals surface area (Å²) in [5, 5.41) is 12.4. The summed E-state index contributed by atoms with van der Waals surface area (Å²) in [6.45, 7) is 0. The lowest BCUT2D eigenvalue weighted by Gasteiger charge is -2.30. The lowest BCUT2D eigenvalue weighted by atomic mass is 9.93. The molecule has 176 valence electrons. The smallest absolute Gasteiger partial charge is 0.319 e. The van der Waals surface area contributed by atoms with Crippen LogP contribution in [0.25, 0.3) is 0 Å². The summed E-state index contributed by atoms with van der Waals surface area (Å²) in [6.07, 6.45) is 0. The van der Waals surface area contributed by atoms with E-state index in [-0.39, 0.29) is 6.03 Å². The molecule has 4 aromatic carbocycles. The van der Waals surface area contributed by atoms with E-state index < -0.39 is 18.1 Å². The molecule has 0 saturated heterocycles. The van der Waals surface area contributed by atoms with Crippen molar-refractivity contribution < 1.29 is 9.59 Å². The van der Waals surface area contributed by atoms with Gasteiger partial charge in [0.25, 0.3) is 0 Å². The lowest BCUT2D eigenvalue weighted by molar-refractivity contribution is 0.236. The quantitative estimate of drug-likeness (QED) is 0.233. The molecule has 35 heavy (non-hydrogen) atoms. The van der Waals surface area contributed by atoms with E-state index in [1.54, 1.807) is 24.3 Å². The molecule has 0 aromatic heterocycles. The van der Waals surface area contributed by atoms with Crippen molar-refractivity contribution in [2.24, 2.45) is 0 Å². The fourth-order valence-electron chi connectivity index (χ4n) is 3.71. The number of carbonyl (C=O) groups is 2. The highest BCUT2D eigenvalue weighted by Gasteiger charge is 2.28. The van der Waals surface area contributed by atoms with Gasteiger partial charge in [-0.25, -0.2) is 9.59 Å². The first-order valence-electron chi connectivity index (χ1n) is 11.1. The van der Waals surface area contributed by atoms with E-state index in [1.165, 1.54) is 0 Å². The standard InChI is InChI=1S/C28H25ClN4O2/c29-22-16-18-24(19-17-22)31-28(35)33-26(21-12-6-2-7-13-21)25(20-10-4-1-5-11-20)32-27(34)30-23-14-8-3-9-15-23/h1-19,25-26H,(H2,30,32,34)(H2,31,33,35)/t25-,26-/m1/s1. The maximum absolute atomic E-state index is 13.0. The van der Waals surface area contributed by atoms with Gasteiger partial charge in [0.05, 0.1) is 12.1 Å².